The summed E-state index contributed by atoms with van der Waals surface area (Å²) in [5, 5.41) is 0.944. The summed E-state index contributed by atoms with van der Waals surface area (Å²) in [6.45, 7) is 7.77. The van der Waals surface area contributed by atoms with E-state index in [1.807, 2.05) is 27.7 Å². The summed E-state index contributed by atoms with van der Waals surface area (Å²) in [4.78, 5) is 21.3. The molecule has 0 N–H and O–H groups in total. The number of hydrogen-bond donors (Lipinski definition) is 0. The highest BCUT2D eigenvalue weighted by atomic mass is 35.5. The number of hydrogen-bond acceptors (Lipinski definition) is 4. The fraction of sp³-hybridized carbons (Fsp3) is 0.312. The van der Waals surface area contributed by atoms with Gasteiger partial charge < -0.3 is 0 Å². The van der Waals surface area contributed by atoms with Crippen molar-refractivity contribution in [2.45, 2.75) is 38.1 Å². The van der Waals surface area contributed by atoms with Gasteiger partial charge in [-0.15, -0.1) is 0 Å². The Hall–Kier alpha value is -1.39. The molecule has 5 heteroatoms. The third-order valence-electron chi connectivity index (χ3n) is 3.37. The fourth-order valence-corrected chi connectivity index (χ4v) is 3.01. The molecule has 0 bridgehead atoms. The lowest BCUT2D eigenvalue weighted by Gasteiger charge is -2.11. The van der Waals surface area contributed by atoms with Gasteiger partial charge in [0.2, 0.25) is 0 Å². The normalized spacial score (nSPS) is 12.2. The van der Waals surface area contributed by atoms with Crippen LogP contribution in [0.3, 0.4) is 0 Å². The SMILES string of the molecule is Cc1nc(SC(C)C(=O)c2cccc(Cl)c2)nc(C)c1C. The largest absolute Gasteiger partial charge is 0.293 e. The van der Waals surface area contributed by atoms with Crippen LogP contribution >= 0.6 is 23.4 Å². The van der Waals surface area contributed by atoms with Crippen LogP contribution < -0.4 is 0 Å². The molecule has 0 radical (unpaired) electrons. The van der Waals surface area contributed by atoms with Crippen molar-refractivity contribution in [2.75, 3.05) is 0 Å². The van der Waals surface area contributed by atoms with Crippen LogP contribution in [0.1, 0.15) is 34.2 Å². The molecule has 0 aliphatic rings. The van der Waals surface area contributed by atoms with E-state index in [9.17, 15) is 4.79 Å². The van der Waals surface area contributed by atoms with E-state index >= 15 is 0 Å². The predicted octanol–water partition coefficient (Wildman–Crippen LogP) is 4.42. The first-order chi connectivity index (χ1) is 9.88. The van der Waals surface area contributed by atoms with Gasteiger partial charge in [-0.05, 0) is 45.4 Å². The van der Waals surface area contributed by atoms with Crippen molar-refractivity contribution in [1.29, 1.82) is 0 Å². The van der Waals surface area contributed by atoms with Gasteiger partial charge in [0.05, 0.1) is 5.25 Å². The van der Waals surface area contributed by atoms with E-state index in [0.29, 0.717) is 15.7 Å². The third-order valence-corrected chi connectivity index (χ3v) is 4.57. The average molecular weight is 321 g/mol. The number of thioether (sulfide) groups is 1. The number of benzene rings is 1. The zero-order valence-electron chi connectivity index (χ0n) is 12.5. The zero-order chi connectivity index (χ0) is 15.6. The fourth-order valence-electron chi connectivity index (χ4n) is 1.88. The molecule has 0 aliphatic heterocycles. The lowest BCUT2D eigenvalue weighted by Crippen LogP contribution is -2.14. The maximum Gasteiger partial charge on any atom is 0.188 e. The van der Waals surface area contributed by atoms with Gasteiger partial charge in [0.1, 0.15) is 0 Å². The van der Waals surface area contributed by atoms with E-state index in [1.165, 1.54) is 11.8 Å². The first kappa shape index (κ1) is 16.0. The topological polar surface area (TPSA) is 42.9 Å². The highest BCUT2D eigenvalue weighted by Gasteiger charge is 2.18. The van der Waals surface area contributed by atoms with Crippen LogP contribution in [0.15, 0.2) is 29.4 Å². The first-order valence-corrected chi connectivity index (χ1v) is 7.92. The first-order valence-electron chi connectivity index (χ1n) is 6.66. The van der Waals surface area contributed by atoms with Gasteiger partial charge in [-0.1, -0.05) is 35.5 Å². The number of Topliss-reactive ketones (excluding diaryl/α,β-unsaturated/α-hetero) is 1. The van der Waals surface area contributed by atoms with Crippen LogP contribution in [0.2, 0.25) is 5.02 Å². The lowest BCUT2D eigenvalue weighted by atomic mass is 10.1. The van der Waals surface area contributed by atoms with E-state index in [2.05, 4.69) is 9.97 Å². The number of rotatable bonds is 4. The Morgan fingerprint density at radius 1 is 1.19 bits per heavy atom. The Morgan fingerprint density at radius 2 is 1.81 bits per heavy atom. The third kappa shape index (κ3) is 3.83. The number of aromatic nitrogens is 2. The van der Waals surface area contributed by atoms with E-state index in [4.69, 9.17) is 11.6 Å². The Bertz CT molecular complexity index is 665. The maximum absolute atomic E-state index is 12.4. The van der Waals surface area contributed by atoms with E-state index in [0.717, 1.165) is 17.0 Å². The molecule has 0 saturated heterocycles. The van der Waals surface area contributed by atoms with Gasteiger partial charge in [-0.2, -0.15) is 0 Å². The van der Waals surface area contributed by atoms with E-state index < -0.39 is 0 Å². The molecule has 3 nitrogen and oxygen atoms in total. The number of halogens is 1. The van der Waals surface area contributed by atoms with E-state index in [1.54, 1.807) is 24.3 Å². The molecule has 1 aromatic carbocycles. The predicted molar refractivity (Wildman–Crippen MR) is 87.3 cm³/mol. The summed E-state index contributed by atoms with van der Waals surface area (Å²) < 4.78 is 0. The molecular formula is C16H17ClN2OS. The molecule has 1 unspecified atom stereocenters. The van der Waals surface area contributed by atoms with Crippen molar-refractivity contribution < 1.29 is 4.79 Å². The standard InChI is InChI=1S/C16H17ClN2OS/c1-9-10(2)18-16(19-11(9)3)21-12(4)15(20)13-6-5-7-14(17)8-13/h5-8,12H,1-4H3. The van der Waals surface area contributed by atoms with Crippen LogP contribution in [0.25, 0.3) is 0 Å². The van der Waals surface area contributed by atoms with Gasteiger partial charge in [-0.3, -0.25) is 4.79 Å². The molecule has 110 valence electrons. The van der Waals surface area contributed by atoms with Gasteiger partial charge >= 0.3 is 0 Å². The second kappa shape index (κ2) is 6.58. The summed E-state index contributed by atoms with van der Waals surface area (Å²) in [5.41, 5.74) is 3.61. The van der Waals surface area contributed by atoms with Crippen LogP contribution in [0, 0.1) is 20.8 Å². The molecule has 0 spiro atoms. The minimum atomic E-state index is -0.259. The second-order valence-electron chi connectivity index (χ2n) is 4.94. The van der Waals surface area contributed by atoms with Crippen molar-refractivity contribution in [2.24, 2.45) is 0 Å². The quantitative estimate of drug-likeness (QED) is 0.475. The highest BCUT2D eigenvalue weighted by molar-refractivity contribution is 8.00. The summed E-state index contributed by atoms with van der Waals surface area (Å²) >= 11 is 7.30. The number of ketones is 1. The molecule has 21 heavy (non-hydrogen) atoms. The Kier molecular flexibility index (Phi) is 5.01. The number of carbonyl (C=O) groups excluding carboxylic acids is 1. The summed E-state index contributed by atoms with van der Waals surface area (Å²) in [5.74, 6) is 0.0296. The second-order valence-corrected chi connectivity index (χ2v) is 6.68. The smallest absolute Gasteiger partial charge is 0.188 e. The Balaban J connectivity index is 2.18. The van der Waals surface area contributed by atoms with Crippen molar-refractivity contribution >= 4 is 29.1 Å². The lowest BCUT2D eigenvalue weighted by molar-refractivity contribution is 0.0994. The van der Waals surface area contributed by atoms with Crippen LogP contribution in [-0.4, -0.2) is 21.0 Å². The molecule has 1 atom stereocenters. The molecule has 0 amide bonds. The molecule has 2 rings (SSSR count). The van der Waals surface area contributed by atoms with Crippen LogP contribution in [-0.2, 0) is 0 Å². The minimum Gasteiger partial charge on any atom is -0.293 e. The number of nitrogens with zero attached hydrogens (tertiary/aromatic N) is 2. The maximum atomic E-state index is 12.4. The highest BCUT2D eigenvalue weighted by Crippen LogP contribution is 2.25. The zero-order valence-corrected chi connectivity index (χ0v) is 14.0. The average Bonchev–Trinajstić information content (AvgIpc) is 2.43. The molecule has 2 aromatic rings. The molecule has 0 fully saturated rings. The summed E-state index contributed by atoms with van der Waals surface area (Å²) in [6.07, 6.45) is 0. The van der Waals surface area contributed by atoms with Crippen LogP contribution in [0.4, 0.5) is 0 Å². The van der Waals surface area contributed by atoms with E-state index in [-0.39, 0.29) is 11.0 Å². The van der Waals surface area contributed by atoms with Gasteiger partial charge in [0, 0.05) is 22.0 Å². The molecule has 1 aromatic heterocycles. The molecule has 0 saturated carbocycles. The minimum absolute atomic E-state index is 0.0296. The van der Waals surface area contributed by atoms with Gasteiger partial charge in [0.15, 0.2) is 10.9 Å². The van der Waals surface area contributed by atoms with Crippen molar-refractivity contribution in [1.82, 2.24) is 9.97 Å². The molecule has 1 heterocycles. The van der Waals surface area contributed by atoms with Gasteiger partial charge in [-0.25, -0.2) is 9.97 Å². The number of carbonyl (C=O) groups is 1. The van der Waals surface area contributed by atoms with Crippen molar-refractivity contribution in [3.8, 4) is 0 Å². The van der Waals surface area contributed by atoms with Crippen molar-refractivity contribution in [3.05, 3.63) is 51.8 Å². The molecule has 0 aliphatic carbocycles. The monoisotopic (exact) mass is 320 g/mol. The number of aryl methyl sites for hydroxylation is 2. The Morgan fingerprint density at radius 3 is 2.38 bits per heavy atom. The summed E-state index contributed by atoms with van der Waals surface area (Å²) in [6, 6.07) is 7.00. The van der Waals surface area contributed by atoms with Crippen molar-refractivity contribution in [3.63, 3.8) is 0 Å². The van der Waals surface area contributed by atoms with Gasteiger partial charge in [0.25, 0.3) is 0 Å². The Labute approximate surface area is 134 Å². The van der Waals surface area contributed by atoms with Crippen LogP contribution in [0.5, 0.6) is 0 Å². The molecular weight excluding hydrogens is 304 g/mol. The summed E-state index contributed by atoms with van der Waals surface area (Å²) in [7, 11) is 0.